The first kappa shape index (κ1) is 19.0. The van der Waals surface area contributed by atoms with E-state index in [4.69, 9.17) is 9.73 Å². The molecular weight excluding hydrogens is 312 g/mol. The Hall–Kier alpha value is -0.810. The minimum Gasteiger partial charge on any atom is -0.378 e. The average Bonchev–Trinajstić information content (AvgIpc) is 2.53. The maximum Gasteiger partial charge on any atom is 0.191 e. The van der Waals surface area contributed by atoms with Crippen molar-refractivity contribution in [3.63, 3.8) is 0 Å². The fourth-order valence-corrected chi connectivity index (χ4v) is 4.85. The molecule has 1 heterocycles. The zero-order valence-corrected chi connectivity index (χ0v) is 16.7. The van der Waals surface area contributed by atoms with E-state index in [2.05, 4.69) is 43.2 Å². The monoisotopic (exact) mass is 350 g/mol. The summed E-state index contributed by atoms with van der Waals surface area (Å²) in [5.74, 6) is 1.02. The van der Waals surface area contributed by atoms with Gasteiger partial charge in [-0.1, -0.05) is 6.42 Å². The van der Waals surface area contributed by atoms with Gasteiger partial charge in [0.2, 0.25) is 0 Å². The lowest BCUT2D eigenvalue weighted by Crippen LogP contribution is -2.69. The van der Waals surface area contributed by atoms with Crippen LogP contribution in [0.1, 0.15) is 66.2 Å². The fraction of sp³-hybridized carbons (Fsp3) is 0.950. The molecular formula is C20H38N4O. The van der Waals surface area contributed by atoms with Gasteiger partial charge >= 0.3 is 0 Å². The molecule has 1 spiro atoms. The van der Waals surface area contributed by atoms with Crippen molar-refractivity contribution in [2.24, 2.45) is 10.4 Å². The molecule has 5 nitrogen and oxygen atoms in total. The number of nitrogens with one attached hydrogen (secondary N) is 2. The van der Waals surface area contributed by atoms with Crippen molar-refractivity contribution in [3.05, 3.63) is 0 Å². The number of aliphatic imine (C=N–C) groups is 1. The molecule has 0 aromatic carbocycles. The van der Waals surface area contributed by atoms with Crippen molar-refractivity contribution in [2.45, 2.75) is 90.4 Å². The van der Waals surface area contributed by atoms with E-state index in [-0.39, 0.29) is 0 Å². The number of guanidine groups is 1. The van der Waals surface area contributed by atoms with Gasteiger partial charge in [0, 0.05) is 49.8 Å². The van der Waals surface area contributed by atoms with E-state index in [1.807, 2.05) is 0 Å². The van der Waals surface area contributed by atoms with Crippen LogP contribution in [0.2, 0.25) is 0 Å². The summed E-state index contributed by atoms with van der Waals surface area (Å²) >= 11 is 0. The van der Waals surface area contributed by atoms with Gasteiger partial charge in [0.05, 0.1) is 6.10 Å². The zero-order chi connectivity index (χ0) is 17.9. The summed E-state index contributed by atoms with van der Waals surface area (Å²) in [6, 6.07) is 1.74. The normalized spacial score (nSPS) is 30.2. The Kier molecular flexibility index (Phi) is 6.26. The number of hydrogen-bond acceptors (Lipinski definition) is 3. The highest BCUT2D eigenvalue weighted by Gasteiger charge is 2.59. The molecule has 2 unspecified atom stereocenters. The quantitative estimate of drug-likeness (QED) is 0.571. The maximum atomic E-state index is 5.99. The van der Waals surface area contributed by atoms with Gasteiger partial charge in [0.1, 0.15) is 0 Å². The van der Waals surface area contributed by atoms with Crippen LogP contribution >= 0.6 is 0 Å². The van der Waals surface area contributed by atoms with Crippen molar-refractivity contribution in [3.8, 4) is 0 Å². The van der Waals surface area contributed by atoms with E-state index in [0.717, 1.165) is 25.5 Å². The molecule has 2 aliphatic carbocycles. The van der Waals surface area contributed by atoms with E-state index in [0.29, 0.717) is 29.6 Å². The Bertz CT molecular complexity index is 453. The molecule has 3 fully saturated rings. The van der Waals surface area contributed by atoms with Gasteiger partial charge in [-0.25, -0.2) is 0 Å². The molecule has 2 atom stereocenters. The van der Waals surface area contributed by atoms with Gasteiger partial charge in [-0.2, -0.15) is 0 Å². The lowest BCUT2D eigenvalue weighted by molar-refractivity contribution is -0.168. The SMILES string of the molecule is CCN=C(NC1CCN(C(C)C)CC1)NC1CC(OCC)C12CCC2. The van der Waals surface area contributed by atoms with Crippen molar-refractivity contribution < 1.29 is 4.74 Å². The van der Waals surface area contributed by atoms with Crippen LogP contribution in [0.4, 0.5) is 0 Å². The van der Waals surface area contributed by atoms with Crippen LogP contribution in [0.3, 0.4) is 0 Å². The summed E-state index contributed by atoms with van der Waals surface area (Å²) in [5.41, 5.74) is 0.382. The largest absolute Gasteiger partial charge is 0.378 e. The molecule has 3 aliphatic rings. The van der Waals surface area contributed by atoms with Gasteiger partial charge in [-0.05, 0) is 59.8 Å². The van der Waals surface area contributed by atoms with E-state index < -0.39 is 0 Å². The van der Waals surface area contributed by atoms with Gasteiger partial charge in [-0.3, -0.25) is 4.99 Å². The predicted octanol–water partition coefficient (Wildman–Crippen LogP) is 2.76. The second-order valence-electron chi connectivity index (χ2n) is 8.33. The van der Waals surface area contributed by atoms with Crippen LogP contribution in [0.5, 0.6) is 0 Å². The molecule has 0 aromatic rings. The minimum atomic E-state index is 0.382. The summed E-state index contributed by atoms with van der Waals surface area (Å²) in [5, 5.41) is 7.48. The van der Waals surface area contributed by atoms with Gasteiger partial charge in [0.25, 0.3) is 0 Å². The first-order valence-electron chi connectivity index (χ1n) is 10.5. The summed E-state index contributed by atoms with van der Waals surface area (Å²) < 4.78 is 5.99. The molecule has 1 aliphatic heterocycles. The zero-order valence-electron chi connectivity index (χ0n) is 16.7. The Morgan fingerprint density at radius 3 is 2.44 bits per heavy atom. The molecule has 0 radical (unpaired) electrons. The summed E-state index contributed by atoms with van der Waals surface area (Å²) in [6.45, 7) is 12.9. The number of piperidine rings is 1. The maximum absolute atomic E-state index is 5.99. The number of ether oxygens (including phenoxy) is 1. The first-order valence-corrected chi connectivity index (χ1v) is 10.5. The topological polar surface area (TPSA) is 48.9 Å². The molecule has 25 heavy (non-hydrogen) atoms. The Morgan fingerprint density at radius 2 is 1.92 bits per heavy atom. The molecule has 1 saturated heterocycles. The molecule has 5 heteroatoms. The van der Waals surface area contributed by atoms with E-state index in [1.54, 1.807) is 0 Å². The van der Waals surface area contributed by atoms with Gasteiger partial charge in [-0.15, -0.1) is 0 Å². The highest BCUT2D eigenvalue weighted by molar-refractivity contribution is 5.80. The van der Waals surface area contributed by atoms with Crippen molar-refractivity contribution in [1.82, 2.24) is 15.5 Å². The number of nitrogens with zero attached hydrogens (tertiary/aromatic N) is 2. The Labute approximate surface area is 154 Å². The van der Waals surface area contributed by atoms with Crippen LogP contribution in [0, 0.1) is 5.41 Å². The molecule has 3 rings (SSSR count). The third-order valence-corrected chi connectivity index (χ3v) is 6.67. The number of hydrogen-bond donors (Lipinski definition) is 2. The molecule has 0 bridgehead atoms. The van der Waals surface area contributed by atoms with E-state index in [1.165, 1.54) is 45.2 Å². The highest BCUT2D eigenvalue weighted by atomic mass is 16.5. The van der Waals surface area contributed by atoms with Gasteiger partial charge < -0.3 is 20.3 Å². The standard InChI is InChI=1S/C20H38N4O/c1-5-21-19(22-16-8-12-24(13-9-16)15(3)4)23-17-14-18(25-6-2)20(17)10-7-11-20/h15-18H,5-14H2,1-4H3,(H2,21,22,23). The van der Waals surface area contributed by atoms with Crippen LogP contribution in [-0.4, -0.2) is 61.3 Å². The average molecular weight is 351 g/mol. The van der Waals surface area contributed by atoms with Crippen molar-refractivity contribution in [2.75, 3.05) is 26.2 Å². The van der Waals surface area contributed by atoms with Crippen molar-refractivity contribution >= 4 is 5.96 Å². The van der Waals surface area contributed by atoms with Crippen LogP contribution in [0.25, 0.3) is 0 Å². The third-order valence-electron chi connectivity index (χ3n) is 6.67. The van der Waals surface area contributed by atoms with Crippen LogP contribution in [0.15, 0.2) is 4.99 Å². The molecule has 2 saturated carbocycles. The number of rotatable bonds is 6. The number of likely N-dealkylation sites (tertiary alicyclic amines) is 1. The predicted molar refractivity (Wildman–Crippen MR) is 104 cm³/mol. The second kappa shape index (κ2) is 8.26. The molecule has 144 valence electrons. The summed E-state index contributed by atoms with van der Waals surface area (Å²) in [7, 11) is 0. The lowest BCUT2D eigenvalue weighted by Gasteiger charge is -2.61. The van der Waals surface area contributed by atoms with Crippen LogP contribution < -0.4 is 10.6 Å². The van der Waals surface area contributed by atoms with E-state index >= 15 is 0 Å². The smallest absolute Gasteiger partial charge is 0.191 e. The molecule has 0 amide bonds. The third kappa shape index (κ3) is 3.97. The fourth-order valence-electron chi connectivity index (χ4n) is 4.85. The van der Waals surface area contributed by atoms with Crippen molar-refractivity contribution in [1.29, 1.82) is 0 Å². The highest BCUT2D eigenvalue weighted by Crippen LogP contribution is 2.57. The Morgan fingerprint density at radius 1 is 1.20 bits per heavy atom. The van der Waals surface area contributed by atoms with E-state index in [9.17, 15) is 0 Å². The summed E-state index contributed by atoms with van der Waals surface area (Å²) in [4.78, 5) is 7.30. The first-order chi connectivity index (χ1) is 12.1. The Balaban J connectivity index is 1.52. The summed E-state index contributed by atoms with van der Waals surface area (Å²) in [6.07, 6.45) is 7.97. The molecule has 2 N–H and O–H groups in total. The second-order valence-corrected chi connectivity index (χ2v) is 8.33. The lowest BCUT2D eigenvalue weighted by atomic mass is 9.51. The van der Waals surface area contributed by atoms with Crippen LogP contribution in [-0.2, 0) is 4.74 Å². The minimum absolute atomic E-state index is 0.382. The molecule has 0 aromatic heterocycles. The van der Waals surface area contributed by atoms with Gasteiger partial charge in [0.15, 0.2) is 5.96 Å².